The Morgan fingerprint density at radius 3 is 2.13 bits per heavy atom. The van der Waals surface area contributed by atoms with Crippen LogP contribution in [0.4, 0.5) is 5.69 Å². The summed E-state index contributed by atoms with van der Waals surface area (Å²) in [6, 6.07) is 21.7. The molecule has 1 aliphatic rings. The van der Waals surface area contributed by atoms with Gasteiger partial charge in [0, 0.05) is 31.2 Å². The van der Waals surface area contributed by atoms with E-state index in [0.717, 1.165) is 22.4 Å². The van der Waals surface area contributed by atoms with Crippen molar-refractivity contribution in [3.8, 4) is 0 Å². The minimum atomic E-state index is -3.82. The molecule has 1 unspecified atom stereocenters. The molecule has 0 bridgehead atoms. The fourth-order valence-electron chi connectivity index (χ4n) is 3.59. The first-order valence-electron chi connectivity index (χ1n) is 9.97. The van der Waals surface area contributed by atoms with Crippen molar-refractivity contribution in [3.63, 3.8) is 0 Å². The first kappa shape index (κ1) is 21.4. The van der Waals surface area contributed by atoms with Crippen molar-refractivity contribution in [1.29, 1.82) is 0 Å². The van der Waals surface area contributed by atoms with Gasteiger partial charge >= 0.3 is 0 Å². The van der Waals surface area contributed by atoms with Crippen LogP contribution in [0, 0.1) is 6.92 Å². The standard InChI is InChI=1S/C24H24ClN3O2S/c1-17-4-14-22(15-5-17)31(29,30)28-24(19-8-12-21(13-9-19)27(2)3)16-23(26-28)18-6-10-20(25)11-7-18/h4-15,24H,16H2,1-3H3. The summed E-state index contributed by atoms with van der Waals surface area (Å²) in [5.41, 5.74) is 4.53. The van der Waals surface area contributed by atoms with E-state index in [1.54, 1.807) is 36.4 Å². The monoisotopic (exact) mass is 453 g/mol. The zero-order valence-electron chi connectivity index (χ0n) is 17.7. The second kappa shape index (κ2) is 8.36. The molecule has 1 heterocycles. The van der Waals surface area contributed by atoms with Gasteiger partial charge in [-0.15, -0.1) is 0 Å². The van der Waals surface area contributed by atoms with Gasteiger partial charge in [-0.3, -0.25) is 0 Å². The van der Waals surface area contributed by atoms with Crippen molar-refractivity contribution in [1.82, 2.24) is 4.41 Å². The molecule has 0 aromatic heterocycles. The van der Waals surface area contributed by atoms with E-state index in [-0.39, 0.29) is 4.90 Å². The second-order valence-corrected chi connectivity index (χ2v) is 10.1. The molecular weight excluding hydrogens is 430 g/mol. The van der Waals surface area contributed by atoms with Gasteiger partial charge in [0.2, 0.25) is 0 Å². The molecule has 0 aliphatic carbocycles. The molecule has 0 spiro atoms. The molecule has 7 heteroatoms. The number of hydrogen-bond donors (Lipinski definition) is 0. The van der Waals surface area contributed by atoms with Gasteiger partial charge in [0.05, 0.1) is 16.6 Å². The van der Waals surface area contributed by atoms with Crippen molar-refractivity contribution in [3.05, 3.63) is 94.5 Å². The van der Waals surface area contributed by atoms with Gasteiger partial charge in [-0.25, -0.2) is 0 Å². The van der Waals surface area contributed by atoms with E-state index in [0.29, 0.717) is 17.2 Å². The maximum Gasteiger partial charge on any atom is 0.279 e. The summed E-state index contributed by atoms with van der Waals surface area (Å²) >= 11 is 6.03. The van der Waals surface area contributed by atoms with Gasteiger partial charge in [-0.2, -0.15) is 17.9 Å². The summed E-state index contributed by atoms with van der Waals surface area (Å²) in [6.45, 7) is 1.93. The molecule has 0 N–H and O–H groups in total. The predicted molar refractivity (Wildman–Crippen MR) is 126 cm³/mol. The Balaban J connectivity index is 1.77. The molecule has 4 rings (SSSR count). The quantitative estimate of drug-likeness (QED) is 0.529. The largest absolute Gasteiger partial charge is 0.378 e. The molecule has 0 radical (unpaired) electrons. The number of rotatable bonds is 5. The van der Waals surface area contributed by atoms with Crippen molar-refractivity contribution in [2.24, 2.45) is 5.10 Å². The van der Waals surface area contributed by atoms with Gasteiger partial charge in [-0.05, 0) is 54.4 Å². The van der Waals surface area contributed by atoms with Gasteiger partial charge < -0.3 is 4.90 Å². The minimum Gasteiger partial charge on any atom is -0.378 e. The average Bonchev–Trinajstić information content (AvgIpc) is 3.21. The van der Waals surface area contributed by atoms with Crippen LogP contribution in [0.1, 0.15) is 29.2 Å². The van der Waals surface area contributed by atoms with Crippen molar-refractivity contribution in [2.75, 3.05) is 19.0 Å². The highest BCUT2D eigenvalue weighted by Gasteiger charge is 2.37. The van der Waals surface area contributed by atoms with E-state index in [1.807, 2.05) is 62.3 Å². The van der Waals surface area contributed by atoms with Crippen LogP contribution in [0.2, 0.25) is 5.02 Å². The van der Waals surface area contributed by atoms with E-state index >= 15 is 0 Å². The third-order valence-corrected chi connectivity index (χ3v) is 7.36. The van der Waals surface area contributed by atoms with E-state index < -0.39 is 16.1 Å². The predicted octanol–water partition coefficient (Wildman–Crippen LogP) is 5.25. The average molecular weight is 454 g/mol. The number of aryl methyl sites for hydroxylation is 1. The first-order valence-corrected chi connectivity index (χ1v) is 11.8. The molecule has 3 aromatic carbocycles. The highest BCUT2D eigenvalue weighted by atomic mass is 35.5. The molecule has 0 saturated heterocycles. The maximum absolute atomic E-state index is 13.5. The molecule has 3 aromatic rings. The van der Waals surface area contributed by atoms with Crippen LogP contribution in [0.15, 0.2) is 82.8 Å². The summed E-state index contributed by atoms with van der Waals surface area (Å²) in [4.78, 5) is 2.24. The van der Waals surface area contributed by atoms with Crippen LogP contribution in [0.5, 0.6) is 0 Å². The molecule has 5 nitrogen and oxygen atoms in total. The lowest BCUT2D eigenvalue weighted by Gasteiger charge is -2.24. The smallest absolute Gasteiger partial charge is 0.279 e. The fourth-order valence-corrected chi connectivity index (χ4v) is 5.15. The lowest BCUT2D eigenvalue weighted by molar-refractivity contribution is 0.371. The molecule has 0 fully saturated rings. The van der Waals surface area contributed by atoms with Crippen LogP contribution in [0.3, 0.4) is 0 Å². The summed E-state index contributed by atoms with van der Waals surface area (Å²) < 4.78 is 28.3. The Morgan fingerprint density at radius 1 is 0.935 bits per heavy atom. The van der Waals surface area contributed by atoms with Crippen LogP contribution in [-0.2, 0) is 10.0 Å². The van der Waals surface area contributed by atoms with Crippen LogP contribution < -0.4 is 4.90 Å². The third-order valence-electron chi connectivity index (χ3n) is 5.41. The number of anilines is 1. The van der Waals surface area contributed by atoms with Crippen molar-refractivity contribution >= 4 is 33.0 Å². The molecule has 0 saturated carbocycles. The number of hydrogen-bond acceptors (Lipinski definition) is 4. The SMILES string of the molecule is Cc1ccc(S(=O)(=O)N2N=C(c3ccc(Cl)cc3)CC2c2ccc(N(C)C)cc2)cc1. The Labute approximate surface area is 188 Å². The second-order valence-electron chi connectivity index (χ2n) is 7.85. The molecule has 1 atom stereocenters. The molecule has 160 valence electrons. The molecule has 1 aliphatic heterocycles. The van der Waals surface area contributed by atoms with Crippen molar-refractivity contribution in [2.45, 2.75) is 24.3 Å². The maximum atomic E-state index is 13.5. The number of benzene rings is 3. The Morgan fingerprint density at radius 2 is 1.55 bits per heavy atom. The van der Waals surface area contributed by atoms with Crippen LogP contribution in [-0.4, -0.2) is 32.6 Å². The van der Waals surface area contributed by atoms with Gasteiger partial charge in [0.15, 0.2) is 0 Å². The Kier molecular flexibility index (Phi) is 5.77. The van der Waals surface area contributed by atoms with E-state index in [1.165, 1.54) is 4.41 Å². The normalized spacial score (nSPS) is 16.3. The fraction of sp³-hybridized carbons (Fsp3) is 0.208. The lowest BCUT2D eigenvalue weighted by Crippen LogP contribution is -2.27. The Bertz CT molecular complexity index is 1200. The molecule has 31 heavy (non-hydrogen) atoms. The number of halogens is 1. The van der Waals surface area contributed by atoms with E-state index in [4.69, 9.17) is 11.6 Å². The van der Waals surface area contributed by atoms with Crippen LogP contribution >= 0.6 is 11.6 Å². The zero-order valence-corrected chi connectivity index (χ0v) is 19.2. The molecule has 0 amide bonds. The highest BCUT2D eigenvalue weighted by Crippen LogP contribution is 2.37. The third kappa shape index (κ3) is 4.31. The number of hydrazone groups is 1. The summed E-state index contributed by atoms with van der Waals surface area (Å²) in [6.07, 6.45) is 0.480. The van der Waals surface area contributed by atoms with E-state index in [2.05, 4.69) is 5.10 Å². The van der Waals surface area contributed by atoms with E-state index in [9.17, 15) is 8.42 Å². The summed E-state index contributed by atoms with van der Waals surface area (Å²) in [5.74, 6) is 0. The topological polar surface area (TPSA) is 53.0 Å². The number of sulfonamides is 1. The first-order chi connectivity index (χ1) is 14.8. The Hall–Kier alpha value is -2.83. The number of nitrogens with zero attached hydrogens (tertiary/aromatic N) is 3. The van der Waals surface area contributed by atoms with Gasteiger partial charge in [0.1, 0.15) is 0 Å². The van der Waals surface area contributed by atoms with Crippen molar-refractivity contribution < 1.29 is 8.42 Å². The summed E-state index contributed by atoms with van der Waals surface area (Å²) in [5, 5.41) is 5.21. The lowest BCUT2D eigenvalue weighted by atomic mass is 9.99. The summed E-state index contributed by atoms with van der Waals surface area (Å²) in [7, 11) is 0.126. The minimum absolute atomic E-state index is 0.231. The molecular formula is C24H24ClN3O2S. The van der Waals surface area contributed by atoms with Gasteiger partial charge in [-0.1, -0.05) is 53.6 Å². The zero-order chi connectivity index (χ0) is 22.2. The van der Waals surface area contributed by atoms with Gasteiger partial charge in [0.25, 0.3) is 10.0 Å². The van der Waals surface area contributed by atoms with Crippen LogP contribution in [0.25, 0.3) is 0 Å². The highest BCUT2D eigenvalue weighted by molar-refractivity contribution is 7.89.